The fraction of sp³-hybridized carbons (Fsp3) is 0.800. The van der Waals surface area contributed by atoms with E-state index in [9.17, 15) is 14.4 Å². The van der Waals surface area contributed by atoms with Crippen molar-refractivity contribution in [3.63, 3.8) is 0 Å². The second-order valence-corrected chi connectivity index (χ2v) is 6.81. The van der Waals surface area contributed by atoms with E-state index in [2.05, 4.69) is 0 Å². The van der Waals surface area contributed by atoms with Gasteiger partial charge in [0.2, 0.25) is 11.8 Å². The van der Waals surface area contributed by atoms with Gasteiger partial charge in [-0.15, -0.1) is 0 Å². The van der Waals surface area contributed by atoms with E-state index in [4.69, 9.17) is 0 Å². The van der Waals surface area contributed by atoms with Crippen molar-refractivity contribution in [2.24, 2.45) is 11.3 Å². The predicted octanol–water partition coefficient (Wildman–Crippen LogP) is 2.56. The zero-order chi connectivity index (χ0) is 15.0. The Morgan fingerprint density at radius 1 is 1.26 bits per heavy atom. The van der Waals surface area contributed by atoms with Crippen LogP contribution in [0.15, 0.2) is 0 Å². The van der Waals surface area contributed by atoms with Crippen LogP contribution in [0, 0.1) is 11.3 Å². The minimum atomic E-state index is -0.618. The van der Waals surface area contributed by atoms with Crippen molar-refractivity contribution in [3.8, 4) is 0 Å². The van der Waals surface area contributed by atoms with Crippen LogP contribution in [-0.4, -0.2) is 28.0 Å². The lowest BCUT2D eigenvalue weighted by Crippen LogP contribution is -2.50. The molecular formula is C15H25NO3. The number of hydrogen-bond donors (Lipinski definition) is 0. The molecule has 1 rings (SSSR count). The zero-order valence-corrected chi connectivity index (χ0v) is 12.9. The Labute approximate surface area is 115 Å². The molecule has 0 aromatic rings. The average Bonchev–Trinajstić information content (AvgIpc) is 2.52. The van der Waals surface area contributed by atoms with Gasteiger partial charge in [0.15, 0.2) is 0 Å². The molecule has 1 heterocycles. The van der Waals surface area contributed by atoms with Crippen LogP contribution >= 0.6 is 0 Å². The minimum Gasteiger partial charge on any atom is -0.299 e. The van der Waals surface area contributed by atoms with Crippen LogP contribution in [-0.2, 0) is 14.4 Å². The third kappa shape index (κ3) is 3.04. The summed E-state index contributed by atoms with van der Waals surface area (Å²) < 4.78 is 0. The Bertz CT molecular complexity index is 410. The van der Waals surface area contributed by atoms with Crippen molar-refractivity contribution < 1.29 is 14.4 Å². The molecule has 0 spiro atoms. The van der Waals surface area contributed by atoms with E-state index in [1.807, 2.05) is 34.6 Å². The standard InChI is InChI=1S/C15H25NO3/c1-7-11-8-12(18)16(13(11)19)15(5,6)9-14(3,4)10(2)17/h11H,7-9H2,1-6H3. The highest BCUT2D eigenvalue weighted by atomic mass is 16.2. The first-order chi connectivity index (χ1) is 8.53. The van der Waals surface area contributed by atoms with Gasteiger partial charge in [-0.05, 0) is 33.6 Å². The number of rotatable bonds is 5. The van der Waals surface area contributed by atoms with E-state index in [0.717, 1.165) is 0 Å². The van der Waals surface area contributed by atoms with Gasteiger partial charge in [-0.1, -0.05) is 20.8 Å². The van der Waals surface area contributed by atoms with E-state index in [1.165, 1.54) is 4.90 Å². The maximum absolute atomic E-state index is 12.3. The molecule has 0 aliphatic carbocycles. The predicted molar refractivity (Wildman–Crippen MR) is 73.4 cm³/mol. The van der Waals surface area contributed by atoms with Crippen molar-refractivity contribution in [2.75, 3.05) is 0 Å². The molecule has 1 atom stereocenters. The monoisotopic (exact) mass is 267 g/mol. The number of nitrogens with zero attached hydrogens (tertiary/aromatic N) is 1. The summed E-state index contributed by atoms with van der Waals surface area (Å²) in [6, 6.07) is 0. The highest BCUT2D eigenvalue weighted by Gasteiger charge is 2.47. The summed E-state index contributed by atoms with van der Waals surface area (Å²) in [6.45, 7) is 10.9. The molecule has 2 amide bonds. The van der Waals surface area contributed by atoms with Crippen molar-refractivity contribution in [2.45, 2.75) is 66.3 Å². The Morgan fingerprint density at radius 2 is 1.79 bits per heavy atom. The molecule has 1 fully saturated rings. The number of imide groups is 1. The average molecular weight is 267 g/mol. The molecule has 0 saturated carbocycles. The Kier molecular flexibility index (Phi) is 4.23. The molecule has 0 bridgehead atoms. The molecule has 1 unspecified atom stereocenters. The van der Waals surface area contributed by atoms with Crippen LogP contribution < -0.4 is 0 Å². The van der Waals surface area contributed by atoms with Crippen molar-refractivity contribution in [1.29, 1.82) is 0 Å². The Balaban J connectivity index is 2.98. The number of amides is 2. The molecule has 0 aromatic heterocycles. The van der Waals surface area contributed by atoms with E-state index in [-0.39, 0.29) is 23.5 Å². The maximum atomic E-state index is 12.3. The van der Waals surface area contributed by atoms with Crippen molar-refractivity contribution in [3.05, 3.63) is 0 Å². The summed E-state index contributed by atoms with van der Waals surface area (Å²) >= 11 is 0. The van der Waals surface area contributed by atoms with Crippen LogP contribution in [0.25, 0.3) is 0 Å². The lowest BCUT2D eigenvalue weighted by atomic mass is 9.76. The number of carbonyl (C=O) groups is 3. The van der Waals surface area contributed by atoms with E-state index >= 15 is 0 Å². The lowest BCUT2D eigenvalue weighted by Gasteiger charge is -2.39. The fourth-order valence-electron chi connectivity index (χ4n) is 2.93. The largest absolute Gasteiger partial charge is 0.299 e. The fourth-order valence-corrected chi connectivity index (χ4v) is 2.93. The third-order valence-electron chi connectivity index (χ3n) is 4.17. The van der Waals surface area contributed by atoms with E-state index < -0.39 is 11.0 Å². The number of ketones is 1. The molecule has 4 heteroatoms. The molecule has 1 aliphatic heterocycles. The second kappa shape index (κ2) is 5.06. The summed E-state index contributed by atoms with van der Waals surface area (Å²) in [5.74, 6) is -0.308. The van der Waals surface area contributed by atoms with E-state index in [0.29, 0.717) is 19.3 Å². The highest BCUT2D eigenvalue weighted by molar-refractivity contribution is 6.04. The zero-order valence-electron chi connectivity index (χ0n) is 12.9. The number of likely N-dealkylation sites (tertiary alicyclic amines) is 1. The third-order valence-corrected chi connectivity index (χ3v) is 4.17. The van der Waals surface area contributed by atoms with Gasteiger partial charge in [0.05, 0.1) is 0 Å². The summed E-state index contributed by atoms with van der Waals surface area (Å²) in [5.41, 5.74) is -1.15. The van der Waals surface area contributed by atoms with E-state index in [1.54, 1.807) is 6.92 Å². The SMILES string of the molecule is CCC1CC(=O)N(C(C)(C)CC(C)(C)C(C)=O)C1=O. The van der Waals surface area contributed by atoms with Crippen molar-refractivity contribution >= 4 is 17.6 Å². The molecule has 0 radical (unpaired) electrons. The quantitative estimate of drug-likeness (QED) is 0.719. The van der Waals surface area contributed by atoms with Crippen molar-refractivity contribution in [1.82, 2.24) is 4.90 Å². The Hall–Kier alpha value is -1.19. The minimum absolute atomic E-state index is 0.0757. The molecule has 0 aromatic carbocycles. The normalized spacial score (nSPS) is 21.2. The first-order valence-corrected chi connectivity index (χ1v) is 6.91. The van der Waals surface area contributed by atoms with Gasteiger partial charge in [-0.2, -0.15) is 0 Å². The first kappa shape index (κ1) is 15.9. The molecule has 0 N–H and O–H groups in total. The van der Waals surface area contributed by atoms with Gasteiger partial charge in [0, 0.05) is 23.3 Å². The molecular weight excluding hydrogens is 242 g/mol. The van der Waals surface area contributed by atoms with Crippen LogP contribution in [0.1, 0.15) is 60.8 Å². The van der Waals surface area contributed by atoms with Gasteiger partial charge in [-0.3, -0.25) is 19.3 Å². The summed E-state index contributed by atoms with van der Waals surface area (Å²) in [5, 5.41) is 0. The highest BCUT2D eigenvalue weighted by Crippen LogP contribution is 2.37. The van der Waals surface area contributed by atoms with Gasteiger partial charge < -0.3 is 0 Å². The van der Waals surface area contributed by atoms with Gasteiger partial charge in [0.25, 0.3) is 0 Å². The summed E-state index contributed by atoms with van der Waals surface area (Å²) in [7, 11) is 0. The van der Waals surface area contributed by atoms with Gasteiger partial charge in [-0.25, -0.2) is 0 Å². The molecule has 1 saturated heterocycles. The van der Waals surface area contributed by atoms with Crippen LogP contribution in [0.2, 0.25) is 0 Å². The second-order valence-electron chi connectivity index (χ2n) is 6.81. The molecule has 4 nitrogen and oxygen atoms in total. The Morgan fingerprint density at radius 3 is 2.16 bits per heavy atom. The van der Waals surface area contributed by atoms with Crippen LogP contribution in [0.3, 0.4) is 0 Å². The first-order valence-electron chi connectivity index (χ1n) is 6.91. The number of carbonyl (C=O) groups excluding carboxylic acids is 3. The van der Waals surface area contributed by atoms with Crippen LogP contribution in [0.4, 0.5) is 0 Å². The summed E-state index contributed by atoms with van der Waals surface area (Å²) in [6.07, 6.45) is 1.48. The lowest BCUT2D eigenvalue weighted by molar-refractivity contribution is -0.148. The topological polar surface area (TPSA) is 54.5 Å². The summed E-state index contributed by atoms with van der Waals surface area (Å²) in [4.78, 5) is 37.4. The molecule has 1 aliphatic rings. The molecule has 108 valence electrons. The van der Waals surface area contributed by atoms with Crippen LogP contribution in [0.5, 0.6) is 0 Å². The number of Topliss-reactive ketones (excluding diaryl/α,β-unsaturated/α-hetero) is 1. The van der Waals surface area contributed by atoms with Gasteiger partial charge >= 0.3 is 0 Å². The molecule has 19 heavy (non-hydrogen) atoms. The smallest absolute Gasteiger partial charge is 0.233 e. The van der Waals surface area contributed by atoms with Gasteiger partial charge in [0.1, 0.15) is 5.78 Å². The maximum Gasteiger partial charge on any atom is 0.233 e. The number of hydrogen-bond acceptors (Lipinski definition) is 3.